The molecule has 2 rings (SSSR count). The van der Waals surface area contributed by atoms with Gasteiger partial charge < -0.3 is 0 Å². The molecule has 0 aliphatic carbocycles. The molecule has 4 heteroatoms. The van der Waals surface area contributed by atoms with E-state index in [2.05, 4.69) is 10.2 Å². The Morgan fingerprint density at radius 3 is 2.73 bits per heavy atom. The summed E-state index contributed by atoms with van der Waals surface area (Å²) in [6.45, 7) is 5.79. The molecule has 0 spiro atoms. The first-order chi connectivity index (χ1) is 7.29. The van der Waals surface area contributed by atoms with E-state index in [1.165, 1.54) is 0 Å². The van der Waals surface area contributed by atoms with Crippen molar-refractivity contribution in [2.24, 2.45) is 0 Å². The highest BCUT2D eigenvalue weighted by atomic mass is 16.1. The van der Waals surface area contributed by atoms with Gasteiger partial charge in [0.15, 0.2) is 0 Å². The Balaban J connectivity index is 0.000000531. The zero-order valence-corrected chi connectivity index (χ0v) is 9.19. The minimum Gasteiger partial charge on any atom is -0.284 e. The average Bonchev–Trinajstić information content (AvgIpc) is 2.78. The van der Waals surface area contributed by atoms with E-state index in [1.807, 2.05) is 19.9 Å². The van der Waals surface area contributed by atoms with Crippen LogP contribution in [0.1, 0.15) is 19.4 Å². The molecule has 2 aromatic rings. The summed E-state index contributed by atoms with van der Waals surface area (Å²) < 4.78 is 1.55. The lowest BCUT2D eigenvalue weighted by Crippen LogP contribution is -2.18. The first kappa shape index (κ1) is 11.2. The third kappa shape index (κ3) is 2.34. The zero-order chi connectivity index (χ0) is 11.3. The predicted molar refractivity (Wildman–Crippen MR) is 60.3 cm³/mol. The van der Waals surface area contributed by atoms with Crippen molar-refractivity contribution in [2.45, 2.75) is 20.8 Å². The first-order valence-corrected chi connectivity index (χ1v) is 4.96. The second-order valence-corrected chi connectivity index (χ2v) is 2.82. The van der Waals surface area contributed by atoms with E-state index in [1.54, 1.807) is 36.1 Å². The summed E-state index contributed by atoms with van der Waals surface area (Å²) in [7, 11) is 0. The number of rotatable bonds is 1. The number of H-pyrrole nitrogens is 1. The summed E-state index contributed by atoms with van der Waals surface area (Å²) in [5, 5.41) is 6.45. The SMILES string of the molecule is CC.Cc1cccn(-c2cn[nH]c2)c1=O. The topological polar surface area (TPSA) is 50.7 Å². The molecule has 0 saturated heterocycles. The molecule has 80 valence electrons. The quantitative estimate of drug-likeness (QED) is 0.773. The maximum Gasteiger partial charge on any atom is 0.258 e. The lowest BCUT2D eigenvalue weighted by Gasteiger charge is -2.01. The number of nitrogens with one attached hydrogen (secondary N) is 1. The van der Waals surface area contributed by atoms with Crippen LogP contribution in [0.4, 0.5) is 0 Å². The summed E-state index contributed by atoms with van der Waals surface area (Å²) in [6.07, 6.45) is 5.02. The molecule has 0 aliphatic rings. The minimum absolute atomic E-state index is 0.0103. The van der Waals surface area contributed by atoms with Gasteiger partial charge in [-0.3, -0.25) is 14.5 Å². The Hall–Kier alpha value is -1.84. The van der Waals surface area contributed by atoms with E-state index in [9.17, 15) is 4.79 Å². The lowest BCUT2D eigenvalue weighted by atomic mass is 10.3. The molecule has 15 heavy (non-hydrogen) atoms. The molecule has 2 heterocycles. The Bertz CT molecular complexity index is 457. The molecule has 0 amide bonds. The van der Waals surface area contributed by atoms with Crippen molar-refractivity contribution in [2.75, 3.05) is 0 Å². The van der Waals surface area contributed by atoms with Crippen molar-refractivity contribution in [3.05, 3.63) is 46.6 Å². The van der Waals surface area contributed by atoms with Crippen molar-refractivity contribution in [1.29, 1.82) is 0 Å². The van der Waals surface area contributed by atoms with Crippen molar-refractivity contribution >= 4 is 0 Å². The van der Waals surface area contributed by atoms with Crippen molar-refractivity contribution in [3.8, 4) is 5.69 Å². The van der Waals surface area contributed by atoms with E-state index >= 15 is 0 Å². The van der Waals surface area contributed by atoms with Gasteiger partial charge in [0.05, 0.1) is 11.9 Å². The molecule has 0 bridgehead atoms. The number of aromatic amines is 1. The molecule has 0 unspecified atom stereocenters. The largest absolute Gasteiger partial charge is 0.284 e. The molecule has 0 saturated carbocycles. The second-order valence-electron chi connectivity index (χ2n) is 2.82. The van der Waals surface area contributed by atoms with Gasteiger partial charge in [0.25, 0.3) is 5.56 Å². The van der Waals surface area contributed by atoms with Gasteiger partial charge >= 0.3 is 0 Å². The summed E-state index contributed by atoms with van der Waals surface area (Å²) >= 11 is 0. The number of aryl methyl sites for hydroxylation is 1. The standard InChI is InChI=1S/C9H9N3O.C2H6/c1-7-3-2-4-12(9(7)13)8-5-10-11-6-8;1-2/h2-6H,1H3,(H,10,11);1-2H3. The van der Waals surface area contributed by atoms with E-state index in [0.717, 1.165) is 11.3 Å². The number of hydrogen-bond acceptors (Lipinski definition) is 2. The van der Waals surface area contributed by atoms with Crippen LogP contribution < -0.4 is 5.56 Å². The molecule has 0 aromatic carbocycles. The van der Waals surface area contributed by atoms with Crippen LogP contribution >= 0.6 is 0 Å². The van der Waals surface area contributed by atoms with Crippen molar-refractivity contribution in [3.63, 3.8) is 0 Å². The fourth-order valence-electron chi connectivity index (χ4n) is 1.18. The van der Waals surface area contributed by atoms with Gasteiger partial charge in [0.2, 0.25) is 0 Å². The Kier molecular flexibility index (Phi) is 3.85. The average molecular weight is 205 g/mol. The molecule has 1 N–H and O–H groups in total. The first-order valence-electron chi connectivity index (χ1n) is 4.96. The van der Waals surface area contributed by atoms with Gasteiger partial charge in [0, 0.05) is 18.0 Å². The molecular formula is C11H15N3O. The van der Waals surface area contributed by atoms with Gasteiger partial charge in [-0.05, 0) is 13.0 Å². The zero-order valence-electron chi connectivity index (χ0n) is 9.19. The van der Waals surface area contributed by atoms with Crippen LogP contribution in [0, 0.1) is 6.92 Å². The van der Waals surface area contributed by atoms with E-state index in [0.29, 0.717) is 0 Å². The third-order valence-electron chi connectivity index (χ3n) is 1.90. The van der Waals surface area contributed by atoms with Crippen LogP contribution in [-0.2, 0) is 0 Å². The fraction of sp³-hybridized carbons (Fsp3) is 0.273. The number of hydrogen-bond donors (Lipinski definition) is 1. The Morgan fingerprint density at radius 1 is 1.40 bits per heavy atom. The van der Waals surface area contributed by atoms with Crippen molar-refractivity contribution < 1.29 is 0 Å². The van der Waals surface area contributed by atoms with Gasteiger partial charge in [-0.2, -0.15) is 5.10 Å². The fourth-order valence-corrected chi connectivity index (χ4v) is 1.18. The van der Waals surface area contributed by atoms with Gasteiger partial charge in [0.1, 0.15) is 0 Å². The summed E-state index contributed by atoms with van der Waals surface area (Å²) in [4.78, 5) is 11.6. The van der Waals surface area contributed by atoms with Gasteiger partial charge in [-0.25, -0.2) is 0 Å². The van der Waals surface area contributed by atoms with Gasteiger partial charge in [-0.1, -0.05) is 19.9 Å². The molecular weight excluding hydrogens is 190 g/mol. The van der Waals surface area contributed by atoms with Crippen LogP contribution in [0.2, 0.25) is 0 Å². The monoisotopic (exact) mass is 205 g/mol. The highest BCUT2D eigenvalue weighted by molar-refractivity contribution is 5.26. The molecule has 4 nitrogen and oxygen atoms in total. The molecule has 0 aliphatic heterocycles. The smallest absolute Gasteiger partial charge is 0.258 e. The molecule has 0 fully saturated rings. The molecule has 2 aromatic heterocycles. The summed E-state index contributed by atoms with van der Waals surface area (Å²) in [5.41, 5.74) is 1.47. The van der Waals surface area contributed by atoms with E-state index in [-0.39, 0.29) is 5.56 Å². The Labute approximate surface area is 88.6 Å². The van der Waals surface area contributed by atoms with E-state index in [4.69, 9.17) is 0 Å². The Morgan fingerprint density at radius 2 is 2.13 bits per heavy atom. The van der Waals surface area contributed by atoms with E-state index < -0.39 is 0 Å². The van der Waals surface area contributed by atoms with Crippen LogP contribution in [0.15, 0.2) is 35.5 Å². The van der Waals surface area contributed by atoms with Crippen LogP contribution in [0.25, 0.3) is 5.69 Å². The predicted octanol–water partition coefficient (Wildman–Crippen LogP) is 1.90. The normalized spacial score (nSPS) is 9.27. The second kappa shape index (κ2) is 5.14. The number of nitrogens with zero attached hydrogens (tertiary/aromatic N) is 2. The number of aromatic nitrogens is 3. The minimum atomic E-state index is -0.0103. The van der Waals surface area contributed by atoms with Crippen LogP contribution in [0.5, 0.6) is 0 Å². The highest BCUT2D eigenvalue weighted by Gasteiger charge is 2.00. The van der Waals surface area contributed by atoms with Crippen LogP contribution in [-0.4, -0.2) is 14.8 Å². The highest BCUT2D eigenvalue weighted by Crippen LogP contribution is 2.00. The molecule has 0 atom stereocenters. The van der Waals surface area contributed by atoms with Crippen molar-refractivity contribution in [1.82, 2.24) is 14.8 Å². The summed E-state index contributed by atoms with van der Waals surface area (Å²) in [5.74, 6) is 0. The third-order valence-corrected chi connectivity index (χ3v) is 1.90. The maximum absolute atomic E-state index is 11.6. The molecule has 0 radical (unpaired) electrons. The number of pyridine rings is 1. The lowest BCUT2D eigenvalue weighted by molar-refractivity contribution is 0.972. The maximum atomic E-state index is 11.6. The van der Waals surface area contributed by atoms with Crippen LogP contribution in [0.3, 0.4) is 0 Å². The van der Waals surface area contributed by atoms with Gasteiger partial charge in [-0.15, -0.1) is 0 Å². The summed E-state index contributed by atoms with van der Waals surface area (Å²) in [6, 6.07) is 3.63.